The van der Waals surface area contributed by atoms with Crippen LogP contribution in [0.5, 0.6) is 11.8 Å². The van der Waals surface area contributed by atoms with Crippen LogP contribution in [-0.4, -0.2) is 30.4 Å². The molecule has 0 aliphatic heterocycles. The normalized spacial score (nSPS) is 8.89. The molecule has 0 atom stereocenters. The summed E-state index contributed by atoms with van der Waals surface area (Å²) in [6.07, 6.45) is 1.73. The highest BCUT2D eigenvalue weighted by Crippen LogP contribution is 2.22. The van der Waals surface area contributed by atoms with Crippen molar-refractivity contribution < 1.29 is 9.47 Å². The Bertz CT molecular complexity index is 535. The van der Waals surface area contributed by atoms with Crippen LogP contribution in [0.4, 0.5) is 5.95 Å². The van der Waals surface area contributed by atoms with Crippen LogP contribution >= 0.6 is 11.8 Å². The highest BCUT2D eigenvalue weighted by Gasteiger charge is 2.10. The molecule has 1 N–H and O–H groups in total. The zero-order valence-corrected chi connectivity index (χ0v) is 11.4. The summed E-state index contributed by atoms with van der Waals surface area (Å²) >= 11 is 1.21. The number of rotatable bonds is 5. The third-order valence-electron chi connectivity index (χ3n) is 1.98. The van der Waals surface area contributed by atoms with Gasteiger partial charge in [0.05, 0.1) is 20.3 Å². The predicted molar refractivity (Wildman–Crippen MR) is 70.5 cm³/mol. The maximum atomic E-state index is 8.83. The van der Waals surface area contributed by atoms with Crippen molar-refractivity contribution in [2.24, 2.45) is 0 Å². The van der Waals surface area contributed by atoms with Crippen LogP contribution in [0.3, 0.4) is 0 Å². The summed E-state index contributed by atoms with van der Waals surface area (Å²) in [7, 11) is 2.93. The second kappa shape index (κ2) is 7.09. The van der Waals surface area contributed by atoms with Crippen LogP contribution in [0.2, 0.25) is 0 Å². The fourth-order valence-electron chi connectivity index (χ4n) is 1.11. The van der Waals surface area contributed by atoms with Crippen LogP contribution in [0, 0.1) is 22.7 Å². The topological polar surface area (TPSA) is 104 Å². The Morgan fingerprint density at radius 2 is 1.74 bits per heavy atom. The van der Waals surface area contributed by atoms with E-state index in [0.717, 1.165) is 0 Å². The number of allylic oxidation sites excluding steroid dienone is 1. The first-order valence-electron chi connectivity index (χ1n) is 5.01. The molecule has 19 heavy (non-hydrogen) atoms. The molecule has 1 heterocycles. The number of nitrogens with zero attached hydrogens (tertiary/aromatic N) is 4. The Labute approximate surface area is 114 Å². The molecule has 8 heteroatoms. The SMILES string of the molecule is COc1cc(OC)nc(NC(SC)=C(C#N)C#N)n1. The molecular weight excluding hydrogens is 266 g/mol. The van der Waals surface area contributed by atoms with Crippen molar-refractivity contribution in [1.29, 1.82) is 10.5 Å². The Hall–Kier alpha value is -2.45. The minimum Gasteiger partial charge on any atom is -0.481 e. The molecule has 1 rings (SSSR count). The Kier molecular flexibility index (Phi) is 5.45. The average molecular weight is 277 g/mol. The van der Waals surface area contributed by atoms with E-state index in [2.05, 4.69) is 15.3 Å². The molecule has 0 saturated heterocycles. The van der Waals surface area contributed by atoms with Gasteiger partial charge in [-0.25, -0.2) is 0 Å². The van der Waals surface area contributed by atoms with Gasteiger partial charge in [0.1, 0.15) is 17.2 Å². The first kappa shape index (κ1) is 14.6. The molecule has 1 aromatic rings. The van der Waals surface area contributed by atoms with Crippen molar-refractivity contribution in [3.8, 4) is 23.9 Å². The Morgan fingerprint density at radius 1 is 1.21 bits per heavy atom. The van der Waals surface area contributed by atoms with Crippen molar-refractivity contribution in [2.45, 2.75) is 0 Å². The van der Waals surface area contributed by atoms with E-state index in [1.807, 2.05) is 0 Å². The zero-order chi connectivity index (χ0) is 14.3. The third-order valence-corrected chi connectivity index (χ3v) is 2.69. The smallest absolute Gasteiger partial charge is 0.234 e. The van der Waals surface area contributed by atoms with Crippen LogP contribution in [0.25, 0.3) is 0 Å². The zero-order valence-electron chi connectivity index (χ0n) is 10.6. The van der Waals surface area contributed by atoms with Crippen molar-refractivity contribution in [3.63, 3.8) is 0 Å². The molecule has 0 saturated carbocycles. The van der Waals surface area contributed by atoms with Gasteiger partial charge in [-0.15, -0.1) is 11.8 Å². The fraction of sp³-hybridized carbons (Fsp3) is 0.273. The minimum absolute atomic E-state index is 0.0436. The van der Waals surface area contributed by atoms with Crippen molar-refractivity contribution >= 4 is 17.7 Å². The molecule has 7 nitrogen and oxygen atoms in total. The summed E-state index contributed by atoms with van der Waals surface area (Å²) in [5, 5.41) is 20.8. The lowest BCUT2D eigenvalue weighted by Crippen LogP contribution is -2.05. The van der Waals surface area contributed by atoms with E-state index in [4.69, 9.17) is 20.0 Å². The molecule has 0 amide bonds. The molecule has 98 valence electrons. The Morgan fingerprint density at radius 3 is 2.11 bits per heavy atom. The molecular formula is C11H11N5O2S. The highest BCUT2D eigenvalue weighted by atomic mass is 32.2. The van der Waals surface area contributed by atoms with Crippen LogP contribution < -0.4 is 14.8 Å². The highest BCUT2D eigenvalue weighted by molar-refractivity contribution is 8.02. The van der Waals surface area contributed by atoms with E-state index in [0.29, 0.717) is 16.8 Å². The van der Waals surface area contributed by atoms with Gasteiger partial charge in [-0.05, 0) is 6.26 Å². The summed E-state index contributed by atoms with van der Waals surface area (Å²) in [5.41, 5.74) is -0.0436. The number of nitriles is 2. The molecule has 0 aromatic carbocycles. The molecule has 0 spiro atoms. The fourth-order valence-corrected chi connectivity index (χ4v) is 1.60. The first-order chi connectivity index (χ1) is 9.18. The first-order valence-corrected chi connectivity index (χ1v) is 6.23. The molecule has 1 aromatic heterocycles. The van der Waals surface area contributed by atoms with Gasteiger partial charge in [0.15, 0.2) is 5.57 Å². The molecule has 0 radical (unpaired) electrons. The van der Waals surface area contributed by atoms with E-state index in [-0.39, 0.29) is 11.5 Å². The molecule has 0 aliphatic rings. The van der Waals surface area contributed by atoms with E-state index < -0.39 is 0 Å². The van der Waals surface area contributed by atoms with E-state index >= 15 is 0 Å². The lowest BCUT2D eigenvalue weighted by atomic mass is 10.3. The van der Waals surface area contributed by atoms with Gasteiger partial charge < -0.3 is 14.8 Å². The van der Waals surface area contributed by atoms with Crippen LogP contribution in [0.1, 0.15) is 0 Å². The van der Waals surface area contributed by atoms with Crippen LogP contribution in [0.15, 0.2) is 16.7 Å². The molecule has 0 fully saturated rings. The number of ether oxygens (including phenoxy) is 2. The number of methoxy groups -OCH3 is 2. The minimum atomic E-state index is -0.0436. The van der Waals surface area contributed by atoms with Gasteiger partial charge in [-0.2, -0.15) is 20.5 Å². The Balaban J connectivity index is 3.15. The van der Waals surface area contributed by atoms with E-state index in [9.17, 15) is 0 Å². The van der Waals surface area contributed by atoms with Crippen LogP contribution in [-0.2, 0) is 0 Å². The van der Waals surface area contributed by atoms with Gasteiger partial charge >= 0.3 is 0 Å². The number of hydrogen-bond donors (Lipinski definition) is 1. The average Bonchev–Trinajstić information content (AvgIpc) is 2.46. The summed E-state index contributed by atoms with van der Waals surface area (Å²) in [4.78, 5) is 8.10. The standard InChI is InChI=1S/C11H11N5O2S/c1-17-8-4-9(18-2)15-11(14-8)16-10(19-3)7(5-12)6-13/h4H,1-3H3,(H,14,15,16). The van der Waals surface area contributed by atoms with E-state index in [1.165, 1.54) is 32.0 Å². The lowest BCUT2D eigenvalue weighted by molar-refractivity contribution is 0.373. The van der Waals surface area contributed by atoms with Gasteiger partial charge in [0.2, 0.25) is 17.7 Å². The molecule has 0 bridgehead atoms. The second-order valence-electron chi connectivity index (χ2n) is 3.03. The predicted octanol–water partition coefficient (Wildman–Crippen LogP) is 1.53. The summed E-state index contributed by atoms with van der Waals surface area (Å²) in [5.74, 6) is 0.805. The monoisotopic (exact) mass is 277 g/mol. The summed E-state index contributed by atoms with van der Waals surface area (Å²) in [6.45, 7) is 0. The summed E-state index contributed by atoms with van der Waals surface area (Å²) < 4.78 is 10.0. The maximum absolute atomic E-state index is 8.83. The number of nitrogens with one attached hydrogen (secondary N) is 1. The molecule has 0 aliphatic carbocycles. The van der Waals surface area contributed by atoms with Gasteiger partial charge in [0, 0.05) is 0 Å². The summed E-state index contributed by atoms with van der Waals surface area (Å²) in [6, 6.07) is 5.11. The quantitative estimate of drug-likeness (QED) is 0.808. The second-order valence-corrected chi connectivity index (χ2v) is 3.85. The number of hydrogen-bond acceptors (Lipinski definition) is 8. The third kappa shape index (κ3) is 3.76. The largest absolute Gasteiger partial charge is 0.481 e. The lowest BCUT2D eigenvalue weighted by Gasteiger charge is -2.09. The number of aromatic nitrogens is 2. The maximum Gasteiger partial charge on any atom is 0.234 e. The van der Waals surface area contributed by atoms with Gasteiger partial charge in [-0.3, -0.25) is 0 Å². The van der Waals surface area contributed by atoms with Crippen molar-refractivity contribution in [3.05, 3.63) is 16.7 Å². The number of anilines is 1. The molecule has 0 unspecified atom stereocenters. The van der Waals surface area contributed by atoms with Crippen molar-refractivity contribution in [2.75, 3.05) is 25.8 Å². The van der Waals surface area contributed by atoms with Crippen molar-refractivity contribution in [1.82, 2.24) is 9.97 Å². The number of thioether (sulfide) groups is 1. The van der Waals surface area contributed by atoms with Gasteiger partial charge in [0.25, 0.3) is 0 Å². The van der Waals surface area contributed by atoms with E-state index in [1.54, 1.807) is 18.4 Å². The van der Waals surface area contributed by atoms with Gasteiger partial charge in [-0.1, -0.05) is 0 Å².